The van der Waals surface area contributed by atoms with E-state index in [9.17, 15) is 4.79 Å². The molecule has 2 aliphatic rings. The van der Waals surface area contributed by atoms with Gasteiger partial charge in [0, 0.05) is 31.8 Å². The van der Waals surface area contributed by atoms with Crippen LogP contribution in [0, 0.1) is 0 Å². The number of nitrogens with zero attached hydrogens (tertiary/aromatic N) is 2. The van der Waals surface area contributed by atoms with Crippen LogP contribution in [0.1, 0.15) is 31.0 Å². The standard InChI is InChI=1S/C23H19BrCl2N2O3S/c1-3-30-22(29)20-13(2)27-23-28(9-10-32-23)21(20)15-11-14(24)7-8-19(15)31-12-16-17(25)5-4-6-18(16)26/h4-11,21H,3,12H2,1-2H3/t21-/m0/s1. The lowest BCUT2D eigenvalue weighted by atomic mass is 9.94. The van der Waals surface area contributed by atoms with Crippen molar-refractivity contribution in [2.75, 3.05) is 6.61 Å². The number of ether oxygens (including phenoxy) is 2. The molecule has 2 aromatic carbocycles. The summed E-state index contributed by atoms with van der Waals surface area (Å²) in [7, 11) is 0. The molecule has 0 aliphatic carbocycles. The molecule has 2 aliphatic heterocycles. The molecular weight excluding hydrogens is 535 g/mol. The smallest absolute Gasteiger partial charge is 0.338 e. The highest BCUT2D eigenvalue weighted by Crippen LogP contribution is 2.45. The lowest BCUT2D eigenvalue weighted by molar-refractivity contribution is -0.139. The predicted octanol–water partition coefficient (Wildman–Crippen LogP) is 7.10. The van der Waals surface area contributed by atoms with Gasteiger partial charge in [0.15, 0.2) is 5.17 Å². The fourth-order valence-corrected chi connectivity index (χ4v) is 5.24. The molecule has 2 aromatic rings. The Bertz CT molecular complexity index is 1150. The summed E-state index contributed by atoms with van der Waals surface area (Å²) in [5, 5.41) is 3.80. The van der Waals surface area contributed by atoms with Gasteiger partial charge in [0.25, 0.3) is 0 Å². The minimum atomic E-state index is -0.456. The molecule has 166 valence electrons. The van der Waals surface area contributed by atoms with Crippen LogP contribution in [0.15, 0.2) is 68.7 Å². The summed E-state index contributed by atoms with van der Waals surface area (Å²) < 4.78 is 12.4. The minimum Gasteiger partial charge on any atom is -0.488 e. The highest BCUT2D eigenvalue weighted by molar-refractivity contribution is 9.10. The Labute approximate surface area is 209 Å². The summed E-state index contributed by atoms with van der Waals surface area (Å²) in [4.78, 5) is 19.5. The van der Waals surface area contributed by atoms with Crippen LogP contribution in [0.4, 0.5) is 0 Å². The molecule has 0 aromatic heterocycles. The van der Waals surface area contributed by atoms with Crippen LogP contribution in [0.25, 0.3) is 0 Å². The second-order valence-electron chi connectivity index (χ2n) is 7.00. The third kappa shape index (κ3) is 4.57. The number of thioether (sulfide) groups is 1. The molecule has 0 bridgehead atoms. The summed E-state index contributed by atoms with van der Waals surface area (Å²) in [5.74, 6) is 0.207. The Morgan fingerprint density at radius 2 is 2.00 bits per heavy atom. The molecule has 0 fully saturated rings. The first-order valence-electron chi connectivity index (χ1n) is 9.84. The molecule has 2 heterocycles. The predicted molar refractivity (Wildman–Crippen MR) is 133 cm³/mol. The van der Waals surface area contributed by atoms with Gasteiger partial charge in [0.1, 0.15) is 12.4 Å². The first-order valence-corrected chi connectivity index (χ1v) is 12.3. The fraction of sp³-hybridized carbons (Fsp3) is 0.217. The van der Waals surface area contributed by atoms with E-state index in [0.29, 0.717) is 32.6 Å². The zero-order valence-electron chi connectivity index (χ0n) is 17.3. The molecule has 1 atom stereocenters. The van der Waals surface area contributed by atoms with E-state index in [2.05, 4.69) is 20.9 Å². The van der Waals surface area contributed by atoms with Crippen molar-refractivity contribution >= 4 is 62.0 Å². The van der Waals surface area contributed by atoms with Gasteiger partial charge in [-0.15, -0.1) is 0 Å². The number of benzene rings is 2. The molecule has 0 spiro atoms. The monoisotopic (exact) mass is 552 g/mol. The van der Waals surface area contributed by atoms with Crippen LogP contribution in [-0.2, 0) is 16.1 Å². The number of carbonyl (C=O) groups excluding carboxylic acids is 1. The van der Waals surface area contributed by atoms with Crippen molar-refractivity contribution in [2.24, 2.45) is 4.99 Å². The van der Waals surface area contributed by atoms with Gasteiger partial charge in [-0.2, -0.15) is 0 Å². The highest BCUT2D eigenvalue weighted by Gasteiger charge is 2.39. The van der Waals surface area contributed by atoms with Crippen molar-refractivity contribution in [3.05, 3.63) is 84.9 Å². The minimum absolute atomic E-state index is 0.183. The summed E-state index contributed by atoms with van der Waals surface area (Å²) in [5.41, 5.74) is 2.59. The van der Waals surface area contributed by atoms with Crippen molar-refractivity contribution in [3.63, 3.8) is 0 Å². The van der Waals surface area contributed by atoms with Crippen LogP contribution in [0.5, 0.6) is 5.75 Å². The Morgan fingerprint density at radius 3 is 2.72 bits per heavy atom. The number of fused-ring (bicyclic) bond motifs is 1. The Balaban J connectivity index is 1.77. The second kappa shape index (κ2) is 9.91. The Hall–Kier alpha value is -1.93. The van der Waals surface area contributed by atoms with Gasteiger partial charge >= 0.3 is 5.97 Å². The molecule has 0 amide bonds. The third-order valence-corrected chi connectivity index (χ3v) is 6.99. The Morgan fingerprint density at radius 1 is 1.25 bits per heavy atom. The number of halogens is 3. The van der Waals surface area contributed by atoms with Gasteiger partial charge in [0.05, 0.1) is 23.9 Å². The zero-order valence-corrected chi connectivity index (χ0v) is 21.2. The van der Waals surface area contributed by atoms with Gasteiger partial charge in [-0.05, 0) is 49.6 Å². The quantitative estimate of drug-likeness (QED) is 0.357. The van der Waals surface area contributed by atoms with E-state index in [1.54, 1.807) is 25.1 Å². The molecule has 5 nitrogen and oxygen atoms in total. The van der Waals surface area contributed by atoms with E-state index in [1.807, 2.05) is 41.6 Å². The maximum absolute atomic E-state index is 13.0. The van der Waals surface area contributed by atoms with E-state index in [4.69, 9.17) is 32.7 Å². The second-order valence-corrected chi connectivity index (χ2v) is 9.60. The summed E-state index contributed by atoms with van der Waals surface area (Å²) in [6.07, 6.45) is 1.91. The number of rotatable bonds is 6. The number of allylic oxidation sites excluding steroid dienone is 1. The first-order chi connectivity index (χ1) is 15.4. The molecule has 4 rings (SSSR count). The van der Waals surface area contributed by atoms with Gasteiger partial charge in [-0.3, -0.25) is 0 Å². The summed E-state index contributed by atoms with van der Waals surface area (Å²) in [6.45, 7) is 4.07. The van der Waals surface area contributed by atoms with E-state index in [0.717, 1.165) is 15.2 Å². The molecule has 32 heavy (non-hydrogen) atoms. The molecule has 0 N–H and O–H groups in total. The van der Waals surface area contributed by atoms with Crippen molar-refractivity contribution < 1.29 is 14.3 Å². The van der Waals surface area contributed by atoms with Crippen LogP contribution in [-0.4, -0.2) is 22.6 Å². The topological polar surface area (TPSA) is 51.1 Å². The van der Waals surface area contributed by atoms with Crippen molar-refractivity contribution in [1.29, 1.82) is 0 Å². The SMILES string of the molecule is CCOC(=O)C1=C(C)N=C2SC=CN2[C@H]1c1cc(Br)ccc1OCc1c(Cl)cccc1Cl. The van der Waals surface area contributed by atoms with E-state index in [-0.39, 0.29) is 13.2 Å². The highest BCUT2D eigenvalue weighted by atomic mass is 79.9. The van der Waals surface area contributed by atoms with Gasteiger partial charge in [0.2, 0.25) is 0 Å². The van der Waals surface area contributed by atoms with Crippen molar-refractivity contribution in [1.82, 2.24) is 4.90 Å². The maximum atomic E-state index is 13.0. The van der Waals surface area contributed by atoms with Crippen molar-refractivity contribution in [2.45, 2.75) is 26.5 Å². The van der Waals surface area contributed by atoms with Crippen LogP contribution in [0.3, 0.4) is 0 Å². The third-order valence-electron chi connectivity index (χ3n) is 5.02. The number of esters is 1. The van der Waals surface area contributed by atoms with E-state index < -0.39 is 12.0 Å². The largest absolute Gasteiger partial charge is 0.488 e. The first kappa shape index (κ1) is 23.2. The summed E-state index contributed by atoms with van der Waals surface area (Å²) in [6, 6.07) is 10.6. The maximum Gasteiger partial charge on any atom is 0.338 e. The van der Waals surface area contributed by atoms with E-state index >= 15 is 0 Å². The molecule has 9 heteroatoms. The van der Waals surface area contributed by atoms with E-state index in [1.165, 1.54) is 11.8 Å². The lowest BCUT2D eigenvalue weighted by Crippen LogP contribution is -2.34. The Kier molecular flexibility index (Phi) is 7.20. The number of aliphatic imine (C=N–C) groups is 1. The normalized spacial score (nSPS) is 17.3. The van der Waals surface area contributed by atoms with Gasteiger partial charge in [-0.25, -0.2) is 9.79 Å². The number of hydrogen-bond acceptors (Lipinski definition) is 6. The van der Waals surface area contributed by atoms with Crippen LogP contribution < -0.4 is 4.74 Å². The zero-order chi connectivity index (χ0) is 22.8. The number of hydrogen-bond donors (Lipinski definition) is 0. The number of amidine groups is 1. The molecular formula is C23H19BrCl2N2O3S. The van der Waals surface area contributed by atoms with Crippen molar-refractivity contribution in [3.8, 4) is 5.75 Å². The molecule has 0 saturated carbocycles. The number of carbonyl (C=O) groups is 1. The van der Waals surface area contributed by atoms with Crippen LogP contribution >= 0.6 is 50.9 Å². The molecule has 0 unspecified atom stereocenters. The lowest BCUT2D eigenvalue weighted by Gasteiger charge is -2.34. The van der Waals surface area contributed by atoms with Crippen LogP contribution in [0.2, 0.25) is 10.0 Å². The average molecular weight is 554 g/mol. The molecule has 0 radical (unpaired) electrons. The fourth-order valence-electron chi connectivity index (χ4n) is 3.56. The summed E-state index contributed by atoms with van der Waals surface area (Å²) >= 11 is 17.7. The molecule has 0 saturated heterocycles. The van der Waals surface area contributed by atoms with Gasteiger partial charge in [-0.1, -0.05) is 57.0 Å². The average Bonchev–Trinajstić information content (AvgIpc) is 3.21. The van der Waals surface area contributed by atoms with Gasteiger partial charge < -0.3 is 14.4 Å².